The molecule has 1 aromatic carbocycles. The van der Waals surface area contributed by atoms with E-state index in [9.17, 15) is 10.1 Å². The standard InChI is InChI=1S/C15H24N4O3/c1-3-16-15(17-10-5-11-22-4-2)18-12-13-6-8-14(9-7-13)19(20)21/h6-9H,3-5,10-12H2,1-2H3,(H2,16,17,18). The van der Waals surface area contributed by atoms with Gasteiger partial charge in [-0.15, -0.1) is 0 Å². The molecule has 0 amide bonds. The number of nitro groups is 1. The Morgan fingerprint density at radius 1 is 1.27 bits per heavy atom. The minimum atomic E-state index is -0.406. The molecule has 0 bridgehead atoms. The number of guanidine groups is 1. The van der Waals surface area contributed by atoms with Crippen LogP contribution in [0.4, 0.5) is 5.69 Å². The fraction of sp³-hybridized carbons (Fsp3) is 0.533. The van der Waals surface area contributed by atoms with Crippen molar-refractivity contribution in [3.05, 3.63) is 39.9 Å². The summed E-state index contributed by atoms with van der Waals surface area (Å²) in [6.07, 6.45) is 0.912. The van der Waals surface area contributed by atoms with Crippen LogP contribution in [0.25, 0.3) is 0 Å². The Balaban J connectivity index is 2.48. The lowest BCUT2D eigenvalue weighted by Crippen LogP contribution is -2.38. The SMILES string of the molecule is CCNC(=NCc1ccc([N+](=O)[O-])cc1)NCCCOCC. The molecule has 0 heterocycles. The van der Waals surface area contributed by atoms with Crippen molar-refractivity contribution in [3.8, 4) is 0 Å². The van der Waals surface area contributed by atoms with Gasteiger partial charge < -0.3 is 15.4 Å². The molecule has 7 nitrogen and oxygen atoms in total. The first-order chi connectivity index (χ1) is 10.7. The summed E-state index contributed by atoms with van der Waals surface area (Å²) >= 11 is 0. The Labute approximate surface area is 130 Å². The van der Waals surface area contributed by atoms with E-state index < -0.39 is 4.92 Å². The molecule has 0 aliphatic heterocycles. The molecule has 122 valence electrons. The van der Waals surface area contributed by atoms with E-state index in [-0.39, 0.29) is 5.69 Å². The van der Waals surface area contributed by atoms with Crippen molar-refractivity contribution in [1.29, 1.82) is 0 Å². The Kier molecular flexibility index (Phi) is 8.59. The first-order valence-electron chi connectivity index (χ1n) is 7.50. The van der Waals surface area contributed by atoms with Gasteiger partial charge in [0.15, 0.2) is 5.96 Å². The van der Waals surface area contributed by atoms with Gasteiger partial charge in [-0.1, -0.05) is 12.1 Å². The van der Waals surface area contributed by atoms with Gasteiger partial charge in [0.25, 0.3) is 5.69 Å². The molecule has 0 saturated heterocycles. The molecule has 0 radical (unpaired) electrons. The van der Waals surface area contributed by atoms with Gasteiger partial charge in [0.1, 0.15) is 0 Å². The van der Waals surface area contributed by atoms with E-state index in [4.69, 9.17) is 4.74 Å². The van der Waals surface area contributed by atoms with Gasteiger partial charge in [-0.05, 0) is 25.8 Å². The lowest BCUT2D eigenvalue weighted by Gasteiger charge is -2.11. The second-order valence-electron chi connectivity index (χ2n) is 4.60. The molecule has 1 aromatic rings. The number of ether oxygens (including phenoxy) is 1. The van der Waals surface area contributed by atoms with E-state index in [1.165, 1.54) is 12.1 Å². The van der Waals surface area contributed by atoms with Crippen molar-refractivity contribution in [1.82, 2.24) is 10.6 Å². The Morgan fingerprint density at radius 2 is 2.00 bits per heavy atom. The monoisotopic (exact) mass is 308 g/mol. The van der Waals surface area contributed by atoms with Crippen LogP contribution in [-0.4, -0.2) is 37.2 Å². The number of hydrogen-bond acceptors (Lipinski definition) is 4. The molecule has 0 aliphatic carbocycles. The average Bonchev–Trinajstić information content (AvgIpc) is 2.52. The van der Waals surface area contributed by atoms with Crippen molar-refractivity contribution in [2.24, 2.45) is 4.99 Å². The molecular formula is C15H24N4O3. The Bertz CT molecular complexity index is 474. The first-order valence-corrected chi connectivity index (χ1v) is 7.50. The van der Waals surface area contributed by atoms with Gasteiger partial charge in [0, 0.05) is 38.4 Å². The lowest BCUT2D eigenvalue weighted by molar-refractivity contribution is -0.384. The van der Waals surface area contributed by atoms with Crippen molar-refractivity contribution >= 4 is 11.6 Å². The minimum absolute atomic E-state index is 0.0914. The summed E-state index contributed by atoms with van der Waals surface area (Å²) in [5.41, 5.74) is 1.02. The van der Waals surface area contributed by atoms with E-state index >= 15 is 0 Å². The van der Waals surface area contributed by atoms with Crippen LogP contribution in [0, 0.1) is 10.1 Å². The maximum absolute atomic E-state index is 10.6. The molecule has 2 N–H and O–H groups in total. The van der Waals surface area contributed by atoms with Crippen LogP contribution in [0.15, 0.2) is 29.3 Å². The predicted molar refractivity (Wildman–Crippen MR) is 87.0 cm³/mol. The summed E-state index contributed by atoms with van der Waals surface area (Å²) in [6.45, 7) is 7.47. The molecule has 0 aliphatic rings. The van der Waals surface area contributed by atoms with Gasteiger partial charge >= 0.3 is 0 Å². The molecule has 0 atom stereocenters. The van der Waals surface area contributed by atoms with Crippen LogP contribution in [-0.2, 0) is 11.3 Å². The zero-order chi connectivity index (χ0) is 16.2. The summed E-state index contributed by atoms with van der Waals surface area (Å²) in [5, 5.41) is 17.0. The van der Waals surface area contributed by atoms with Gasteiger partial charge in [-0.25, -0.2) is 4.99 Å². The van der Waals surface area contributed by atoms with Crippen LogP contribution >= 0.6 is 0 Å². The smallest absolute Gasteiger partial charge is 0.269 e. The van der Waals surface area contributed by atoms with E-state index in [0.717, 1.165) is 44.2 Å². The zero-order valence-corrected chi connectivity index (χ0v) is 13.2. The average molecular weight is 308 g/mol. The first kappa shape index (κ1) is 17.9. The highest BCUT2D eigenvalue weighted by Crippen LogP contribution is 2.12. The number of hydrogen-bond donors (Lipinski definition) is 2. The molecule has 1 rings (SSSR count). The van der Waals surface area contributed by atoms with Gasteiger partial charge in [0.05, 0.1) is 11.5 Å². The fourth-order valence-corrected chi connectivity index (χ4v) is 1.76. The van der Waals surface area contributed by atoms with Crippen LogP contribution in [0.5, 0.6) is 0 Å². The summed E-state index contributed by atoms with van der Waals surface area (Å²) in [4.78, 5) is 14.7. The molecular weight excluding hydrogens is 284 g/mol. The van der Waals surface area contributed by atoms with Crippen molar-refractivity contribution in [3.63, 3.8) is 0 Å². The maximum atomic E-state index is 10.6. The molecule has 0 unspecified atom stereocenters. The zero-order valence-electron chi connectivity index (χ0n) is 13.2. The number of nitrogens with one attached hydrogen (secondary N) is 2. The number of aliphatic imine (C=N–C) groups is 1. The largest absolute Gasteiger partial charge is 0.382 e. The quantitative estimate of drug-likeness (QED) is 0.240. The fourth-order valence-electron chi connectivity index (χ4n) is 1.76. The maximum Gasteiger partial charge on any atom is 0.269 e. The van der Waals surface area contributed by atoms with Crippen LogP contribution < -0.4 is 10.6 Å². The summed E-state index contributed by atoms with van der Waals surface area (Å²) in [5.74, 6) is 0.734. The molecule has 0 saturated carbocycles. The van der Waals surface area contributed by atoms with Gasteiger partial charge in [-0.3, -0.25) is 10.1 Å². The second-order valence-corrected chi connectivity index (χ2v) is 4.60. The molecule has 0 fully saturated rings. The highest BCUT2D eigenvalue weighted by atomic mass is 16.6. The van der Waals surface area contributed by atoms with E-state index in [0.29, 0.717) is 6.54 Å². The van der Waals surface area contributed by atoms with E-state index in [2.05, 4.69) is 15.6 Å². The van der Waals surface area contributed by atoms with Crippen molar-refractivity contribution < 1.29 is 9.66 Å². The summed E-state index contributed by atoms with van der Waals surface area (Å²) in [6, 6.07) is 6.43. The van der Waals surface area contributed by atoms with Gasteiger partial charge in [0.2, 0.25) is 0 Å². The number of benzene rings is 1. The molecule has 0 aromatic heterocycles. The van der Waals surface area contributed by atoms with Crippen molar-refractivity contribution in [2.45, 2.75) is 26.8 Å². The third-order valence-electron chi connectivity index (χ3n) is 2.87. The van der Waals surface area contributed by atoms with Crippen LogP contribution in [0.1, 0.15) is 25.8 Å². The van der Waals surface area contributed by atoms with Crippen molar-refractivity contribution in [2.75, 3.05) is 26.3 Å². The van der Waals surface area contributed by atoms with Crippen LogP contribution in [0.2, 0.25) is 0 Å². The third kappa shape index (κ3) is 7.03. The highest BCUT2D eigenvalue weighted by molar-refractivity contribution is 5.79. The number of nitrogens with zero attached hydrogens (tertiary/aromatic N) is 2. The minimum Gasteiger partial charge on any atom is -0.382 e. The van der Waals surface area contributed by atoms with E-state index in [1.54, 1.807) is 12.1 Å². The van der Waals surface area contributed by atoms with Crippen LogP contribution in [0.3, 0.4) is 0 Å². The van der Waals surface area contributed by atoms with E-state index in [1.807, 2.05) is 13.8 Å². The molecule has 7 heteroatoms. The Hall–Kier alpha value is -2.15. The summed E-state index contributed by atoms with van der Waals surface area (Å²) in [7, 11) is 0. The predicted octanol–water partition coefficient (Wildman–Crippen LogP) is 2.08. The highest BCUT2D eigenvalue weighted by Gasteiger charge is 2.03. The molecule has 0 spiro atoms. The number of non-ortho nitro benzene ring substituents is 1. The summed E-state index contributed by atoms with van der Waals surface area (Å²) < 4.78 is 5.28. The number of rotatable bonds is 9. The normalized spacial score (nSPS) is 11.3. The van der Waals surface area contributed by atoms with Gasteiger partial charge in [-0.2, -0.15) is 0 Å². The lowest BCUT2D eigenvalue weighted by atomic mass is 10.2. The Morgan fingerprint density at radius 3 is 2.59 bits per heavy atom. The number of nitro benzene ring substituents is 1. The third-order valence-corrected chi connectivity index (χ3v) is 2.87. The second kappa shape index (κ2) is 10.6. The molecule has 22 heavy (non-hydrogen) atoms. The topological polar surface area (TPSA) is 88.8 Å².